The zero-order valence-corrected chi connectivity index (χ0v) is 9.51. The normalized spacial score (nSPS) is 20.3. The number of aliphatic hydroxyl groups excluding tert-OH is 1. The number of hydrogen-bond acceptors (Lipinski definition) is 2. The molecule has 14 heavy (non-hydrogen) atoms. The van der Waals surface area contributed by atoms with Crippen molar-refractivity contribution >= 4 is 0 Å². The fourth-order valence-electron chi connectivity index (χ4n) is 1.95. The van der Waals surface area contributed by atoms with E-state index in [9.17, 15) is 5.11 Å². The molecule has 0 aliphatic carbocycles. The van der Waals surface area contributed by atoms with Gasteiger partial charge in [0.25, 0.3) is 0 Å². The van der Waals surface area contributed by atoms with Crippen LogP contribution in [0.5, 0.6) is 0 Å². The second-order valence-electron chi connectivity index (χ2n) is 4.49. The number of nitrogens with zero attached hydrogens (tertiary/aromatic N) is 1. The summed E-state index contributed by atoms with van der Waals surface area (Å²) in [4.78, 5) is 2.37. The summed E-state index contributed by atoms with van der Waals surface area (Å²) in [6.45, 7) is 8.27. The number of likely N-dealkylation sites (tertiary alicyclic amines) is 1. The van der Waals surface area contributed by atoms with Crippen molar-refractivity contribution < 1.29 is 5.11 Å². The van der Waals surface area contributed by atoms with Gasteiger partial charge in [0.05, 0.1) is 6.10 Å². The average Bonchev–Trinajstić information content (AvgIpc) is 2.67. The minimum atomic E-state index is -0.340. The molecule has 0 bridgehead atoms. The van der Waals surface area contributed by atoms with Gasteiger partial charge in [0.15, 0.2) is 0 Å². The first kappa shape index (κ1) is 11.6. The second-order valence-corrected chi connectivity index (χ2v) is 4.49. The highest BCUT2D eigenvalue weighted by atomic mass is 16.3. The summed E-state index contributed by atoms with van der Waals surface area (Å²) < 4.78 is 0. The second kappa shape index (κ2) is 4.82. The van der Waals surface area contributed by atoms with Crippen molar-refractivity contribution in [2.24, 2.45) is 0 Å². The third-order valence-corrected chi connectivity index (χ3v) is 3.21. The first-order chi connectivity index (χ1) is 6.59. The van der Waals surface area contributed by atoms with Crippen LogP contribution in [0.1, 0.15) is 40.0 Å². The largest absolute Gasteiger partial charge is 0.390 e. The van der Waals surface area contributed by atoms with E-state index in [-0.39, 0.29) is 11.6 Å². The molecule has 1 heterocycles. The third kappa shape index (κ3) is 2.50. The van der Waals surface area contributed by atoms with E-state index in [1.165, 1.54) is 12.8 Å². The van der Waals surface area contributed by atoms with Gasteiger partial charge in [0.1, 0.15) is 0 Å². The first-order valence-electron chi connectivity index (χ1n) is 5.41. The molecule has 0 aromatic carbocycles. The number of hydrogen-bond donors (Lipinski definition) is 1. The van der Waals surface area contributed by atoms with E-state index in [0.717, 1.165) is 13.1 Å². The van der Waals surface area contributed by atoms with Gasteiger partial charge in [-0.25, -0.2) is 0 Å². The van der Waals surface area contributed by atoms with Gasteiger partial charge in [0, 0.05) is 12.0 Å². The van der Waals surface area contributed by atoms with Crippen molar-refractivity contribution in [2.75, 3.05) is 13.1 Å². The van der Waals surface area contributed by atoms with E-state index in [4.69, 9.17) is 0 Å². The summed E-state index contributed by atoms with van der Waals surface area (Å²) in [5, 5.41) is 10.0. The van der Waals surface area contributed by atoms with Crippen LogP contribution in [0.25, 0.3) is 0 Å². The molecule has 1 aliphatic rings. The minimum Gasteiger partial charge on any atom is -0.390 e. The fraction of sp³-hybridized carbons (Fsp3) is 0.833. The van der Waals surface area contributed by atoms with E-state index >= 15 is 0 Å². The summed E-state index contributed by atoms with van der Waals surface area (Å²) in [5.74, 6) is 5.78. The van der Waals surface area contributed by atoms with Crippen LogP contribution in [-0.4, -0.2) is 34.7 Å². The summed E-state index contributed by atoms with van der Waals surface area (Å²) >= 11 is 0. The van der Waals surface area contributed by atoms with Crippen molar-refractivity contribution in [1.82, 2.24) is 4.90 Å². The molecule has 80 valence electrons. The molecule has 0 spiro atoms. The first-order valence-corrected chi connectivity index (χ1v) is 5.41. The Morgan fingerprint density at radius 2 is 1.93 bits per heavy atom. The highest BCUT2D eigenvalue weighted by Gasteiger charge is 2.35. The lowest BCUT2D eigenvalue weighted by Crippen LogP contribution is -2.50. The topological polar surface area (TPSA) is 23.5 Å². The highest BCUT2D eigenvalue weighted by molar-refractivity contribution is 5.02. The minimum absolute atomic E-state index is 0.125. The molecule has 0 aromatic heterocycles. The Bertz CT molecular complexity index is 230. The molecule has 2 nitrogen and oxygen atoms in total. The lowest BCUT2D eigenvalue weighted by atomic mass is 9.93. The molecule has 1 fully saturated rings. The van der Waals surface area contributed by atoms with Crippen LogP contribution < -0.4 is 0 Å². The van der Waals surface area contributed by atoms with Gasteiger partial charge >= 0.3 is 0 Å². The monoisotopic (exact) mass is 195 g/mol. The molecule has 2 heteroatoms. The molecular formula is C12H21NO. The Labute approximate surface area is 87.3 Å². The van der Waals surface area contributed by atoms with Crippen LogP contribution in [0.2, 0.25) is 0 Å². The molecule has 1 unspecified atom stereocenters. The predicted octanol–water partition coefficient (Wildman–Crippen LogP) is 1.64. The SMILES string of the molecule is CC#CCC(O)C(C)(C)N1CCCC1. The van der Waals surface area contributed by atoms with Crippen LogP contribution in [0.4, 0.5) is 0 Å². The van der Waals surface area contributed by atoms with Crippen molar-refractivity contribution in [3.05, 3.63) is 0 Å². The van der Waals surface area contributed by atoms with Gasteiger partial charge in [-0.05, 0) is 46.7 Å². The Morgan fingerprint density at radius 1 is 1.36 bits per heavy atom. The van der Waals surface area contributed by atoms with E-state index in [1.54, 1.807) is 0 Å². The van der Waals surface area contributed by atoms with E-state index < -0.39 is 0 Å². The fourth-order valence-corrected chi connectivity index (χ4v) is 1.95. The van der Waals surface area contributed by atoms with E-state index in [0.29, 0.717) is 6.42 Å². The van der Waals surface area contributed by atoms with Gasteiger partial charge in [-0.2, -0.15) is 0 Å². The zero-order chi connectivity index (χ0) is 10.6. The molecule has 1 atom stereocenters. The quantitative estimate of drug-likeness (QED) is 0.692. The molecule has 1 aliphatic heterocycles. The summed E-state index contributed by atoms with van der Waals surface area (Å²) in [6.07, 6.45) is 2.76. The Hall–Kier alpha value is -0.520. The summed E-state index contributed by atoms with van der Waals surface area (Å²) in [5.41, 5.74) is -0.125. The van der Waals surface area contributed by atoms with Gasteiger partial charge in [-0.15, -0.1) is 11.8 Å². The molecule has 0 aromatic rings. The maximum absolute atomic E-state index is 10.0. The van der Waals surface area contributed by atoms with Crippen molar-refractivity contribution in [3.63, 3.8) is 0 Å². The van der Waals surface area contributed by atoms with Gasteiger partial charge in [-0.3, -0.25) is 4.90 Å². The van der Waals surface area contributed by atoms with Crippen LogP contribution in [0.3, 0.4) is 0 Å². The lowest BCUT2D eigenvalue weighted by Gasteiger charge is -2.38. The van der Waals surface area contributed by atoms with Crippen molar-refractivity contribution in [3.8, 4) is 11.8 Å². The van der Waals surface area contributed by atoms with E-state index in [1.807, 2.05) is 6.92 Å². The molecule has 0 saturated carbocycles. The number of aliphatic hydroxyl groups is 1. The Kier molecular flexibility index (Phi) is 3.97. The molecule has 1 rings (SSSR count). The van der Waals surface area contributed by atoms with E-state index in [2.05, 4.69) is 30.6 Å². The van der Waals surface area contributed by atoms with Crippen molar-refractivity contribution in [2.45, 2.75) is 51.7 Å². The zero-order valence-electron chi connectivity index (χ0n) is 9.51. The Morgan fingerprint density at radius 3 is 2.43 bits per heavy atom. The highest BCUT2D eigenvalue weighted by Crippen LogP contribution is 2.25. The summed E-state index contributed by atoms with van der Waals surface area (Å²) in [6, 6.07) is 0. The Balaban J connectivity index is 2.55. The maximum atomic E-state index is 10.0. The molecule has 1 N–H and O–H groups in total. The average molecular weight is 195 g/mol. The van der Waals surface area contributed by atoms with Gasteiger partial charge in [-0.1, -0.05) is 0 Å². The molecule has 0 amide bonds. The molecule has 1 saturated heterocycles. The van der Waals surface area contributed by atoms with Gasteiger partial charge < -0.3 is 5.11 Å². The molecular weight excluding hydrogens is 174 g/mol. The summed E-state index contributed by atoms with van der Waals surface area (Å²) in [7, 11) is 0. The number of rotatable bonds is 3. The van der Waals surface area contributed by atoms with Crippen molar-refractivity contribution in [1.29, 1.82) is 0 Å². The molecule has 0 radical (unpaired) electrons. The van der Waals surface area contributed by atoms with Crippen LogP contribution in [-0.2, 0) is 0 Å². The standard InChI is InChI=1S/C12H21NO/c1-4-5-8-11(14)12(2,3)13-9-6-7-10-13/h11,14H,6-10H2,1-3H3. The third-order valence-electron chi connectivity index (χ3n) is 3.21. The maximum Gasteiger partial charge on any atom is 0.0827 e. The predicted molar refractivity (Wildman–Crippen MR) is 59.0 cm³/mol. The van der Waals surface area contributed by atoms with Crippen LogP contribution in [0, 0.1) is 11.8 Å². The lowest BCUT2D eigenvalue weighted by molar-refractivity contribution is 0.00617. The van der Waals surface area contributed by atoms with Crippen LogP contribution >= 0.6 is 0 Å². The van der Waals surface area contributed by atoms with Gasteiger partial charge in [0.2, 0.25) is 0 Å². The smallest absolute Gasteiger partial charge is 0.0827 e. The van der Waals surface area contributed by atoms with Crippen LogP contribution in [0.15, 0.2) is 0 Å².